The molecule has 0 saturated heterocycles. The number of nitrogens with one attached hydrogen (secondary N) is 1. The molecule has 3 rings (SSSR count). The van der Waals surface area contributed by atoms with Crippen molar-refractivity contribution in [2.45, 2.75) is 18.4 Å². The maximum atomic E-state index is 13.2. The van der Waals surface area contributed by atoms with Gasteiger partial charge in [-0.05, 0) is 48.9 Å². The zero-order valence-electron chi connectivity index (χ0n) is 16.7. The van der Waals surface area contributed by atoms with E-state index in [2.05, 4.69) is 5.32 Å². The zero-order chi connectivity index (χ0) is 21.4. The van der Waals surface area contributed by atoms with Crippen molar-refractivity contribution in [1.82, 2.24) is 4.31 Å². The highest BCUT2D eigenvalue weighted by atomic mass is 32.2. The Kier molecular flexibility index (Phi) is 7.21. The summed E-state index contributed by atoms with van der Waals surface area (Å²) in [6.07, 6.45) is 0. The molecule has 0 unspecified atom stereocenters. The molecule has 3 aromatic carbocycles. The highest BCUT2D eigenvalue weighted by Gasteiger charge is 2.26. The van der Waals surface area contributed by atoms with Gasteiger partial charge >= 0.3 is 0 Å². The van der Waals surface area contributed by atoms with Crippen LogP contribution in [0.3, 0.4) is 0 Å². The minimum Gasteiger partial charge on any atom is -0.494 e. The van der Waals surface area contributed by atoms with E-state index in [1.807, 2.05) is 37.3 Å². The number of carbonyl (C=O) groups excluding carboxylic acids is 1. The second kappa shape index (κ2) is 10.0. The van der Waals surface area contributed by atoms with Crippen molar-refractivity contribution in [3.63, 3.8) is 0 Å². The number of hydrogen-bond acceptors (Lipinski definition) is 4. The average Bonchev–Trinajstić information content (AvgIpc) is 2.76. The molecule has 0 spiro atoms. The van der Waals surface area contributed by atoms with E-state index in [1.165, 1.54) is 16.4 Å². The van der Waals surface area contributed by atoms with Crippen LogP contribution in [0.25, 0.3) is 0 Å². The molecule has 0 aliphatic carbocycles. The van der Waals surface area contributed by atoms with Crippen LogP contribution in [-0.2, 0) is 21.4 Å². The predicted molar refractivity (Wildman–Crippen MR) is 117 cm³/mol. The number of hydrogen-bond donors (Lipinski definition) is 1. The number of anilines is 1. The Bertz CT molecular complexity index is 1050. The summed E-state index contributed by atoms with van der Waals surface area (Å²) in [6, 6.07) is 24.3. The van der Waals surface area contributed by atoms with Crippen LogP contribution >= 0.6 is 0 Å². The van der Waals surface area contributed by atoms with Gasteiger partial charge in [0.25, 0.3) is 0 Å². The van der Waals surface area contributed by atoms with E-state index >= 15 is 0 Å². The van der Waals surface area contributed by atoms with Crippen LogP contribution in [0.15, 0.2) is 89.8 Å². The van der Waals surface area contributed by atoms with Gasteiger partial charge in [-0.1, -0.05) is 48.5 Å². The van der Waals surface area contributed by atoms with Crippen LogP contribution in [-0.4, -0.2) is 31.8 Å². The minimum absolute atomic E-state index is 0.0920. The quantitative estimate of drug-likeness (QED) is 0.565. The number of rotatable bonds is 9. The van der Waals surface area contributed by atoms with Gasteiger partial charge in [0.15, 0.2) is 0 Å². The summed E-state index contributed by atoms with van der Waals surface area (Å²) < 4.78 is 32.9. The summed E-state index contributed by atoms with van der Waals surface area (Å²) in [4.78, 5) is 12.8. The molecule has 6 nitrogen and oxygen atoms in total. The Balaban J connectivity index is 1.78. The largest absolute Gasteiger partial charge is 0.494 e. The molecule has 0 aromatic heterocycles. The number of benzene rings is 3. The van der Waals surface area contributed by atoms with Gasteiger partial charge in [0.05, 0.1) is 18.0 Å². The fourth-order valence-corrected chi connectivity index (χ4v) is 4.32. The molecule has 0 fully saturated rings. The van der Waals surface area contributed by atoms with Crippen LogP contribution in [0.1, 0.15) is 12.5 Å². The van der Waals surface area contributed by atoms with Crippen molar-refractivity contribution >= 4 is 21.6 Å². The van der Waals surface area contributed by atoms with Gasteiger partial charge in [0.1, 0.15) is 5.75 Å². The highest BCUT2D eigenvalue weighted by molar-refractivity contribution is 7.89. The Morgan fingerprint density at radius 1 is 0.900 bits per heavy atom. The van der Waals surface area contributed by atoms with Crippen LogP contribution in [0.2, 0.25) is 0 Å². The molecule has 7 heteroatoms. The Morgan fingerprint density at radius 3 is 2.10 bits per heavy atom. The third kappa shape index (κ3) is 5.68. The lowest BCUT2D eigenvalue weighted by Gasteiger charge is -2.22. The van der Waals surface area contributed by atoms with Crippen LogP contribution < -0.4 is 10.1 Å². The number of carbonyl (C=O) groups is 1. The maximum absolute atomic E-state index is 13.2. The van der Waals surface area contributed by atoms with Crippen LogP contribution in [0.4, 0.5) is 5.69 Å². The van der Waals surface area contributed by atoms with Crippen LogP contribution in [0.5, 0.6) is 5.75 Å². The Hall–Kier alpha value is -3.16. The van der Waals surface area contributed by atoms with Gasteiger partial charge in [0, 0.05) is 12.2 Å². The third-order valence-electron chi connectivity index (χ3n) is 4.35. The van der Waals surface area contributed by atoms with E-state index < -0.39 is 15.9 Å². The fraction of sp³-hybridized carbons (Fsp3) is 0.174. The molecular weight excluding hydrogens is 400 g/mol. The Labute approximate surface area is 177 Å². The monoisotopic (exact) mass is 424 g/mol. The molecule has 0 heterocycles. The van der Waals surface area contributed by atoms with Gasteiger partial charge < -0.3 is 10.1 Å². The van der Waals surface area contributed by atoms with Crippen LogP contribution in [0, 0.1) is 0 Å². The summed E-state index contributed by atoms with van der Waals surface area (Å²) in [7, 11) is -3.85. The molecule has 1 amide bonds. The topological polar surface area (TPSA) is 75.7 Å². The van der Waals surface area contributed by atoms with Gasteiger partial charge in [0.2, 0.25) is 15.9 Å². The molecule has 30 heavy (non-hydrogen) atoms. The Morgan fingerprint density at radius 2 is 1.50 bits per heavy atom. The number of ether oxygens (including phenoxy) is 1. The first kappa shape index (κ1) is 21.5. The summed E-state index contributed by atoms with van der Waals surface area (Å²) in [5, 5.41) is 2.75. The van der Waals surface area contributed by atoms with Crippen molar-refractivity contribution in [3.05, 3.63) is 90.5 Å². The van der Waals surface area contributed by atoms with E-state index in [1.54, 1.807) is 42.5 Å². The predicted octanol–water partition coefficient (Wildman–Crippen LogP) is 3.91. The first-order valence-electron chi connectivity index (χ1n) is 9.61. The molecule has 0 saturated carbocycles. The second-order valence-corrected chi connectivity index (χ2v) is 8.52. The highest BCUT2D eigenvalue weighted by Crippen LogP contribution is 2.19. The molecular formula is C23H24N2O4S. The van der Waals surface area contributed by atoms with Crippen molar-refractivity contribution in [2.24, 2.45) is 0 Å². The molecule has 0 aliphatic heterocycles. The minimum atomic E-state index is -3.85. The lowest BCUT2D eigenvalue weighted by molar-refractivity contribution is -0.116. The molecule has 1 N–H and O–H groups in total. The van der Waals surface area contributed by atoms with Crippen molar-refractivity contribution in [1.29, 1.82) is 0 Å². The molecule has 0 radical (unpaired) electrons. The average molecular weight is 425 g/mol. The standard InChI is InChI=1S/C23H24N2O4S/c1-2-29-21-15-13-20(14-16-21)24-23(26)18-25(17-19-9-5-3-6-10-19)30(27,28)22-11-7-4-8-12-22/h3-16H,2,17-18H2,1H3,(H,24,26). The van der Waals surface area contributed by atoms with E-state index in [-0.39, 0.29) is 18.0 Å². The normalized spacial score (nSPS) is 11.3. The van der Waals surface area contributed by atoms with E-state index in [0.717, 1.165) is 5.56 Å². The van der Waals surface area contributed by atoms with E-state index in [9.17, 15) is 13.2 Å². The summed E-state index contributed by atoms with van der Waals surface area (Å²) in [5.41, 5.74) is 1.37. The first-order valence-corrected chi connectivity index (χ1v) is 11.0. The summed E-state index contributed by atoms with van der Waals surface area (Å²) in [5.74, 6) is 0.280. The SMILES string of the molecule is CCOc1ccc(NC(=O)CN(Cc2ccccc2)S(=O)(=O)c2ccccc2)cc1. The number of sulfonamides is 1. The van der Waals surface area contributed by atoms with Crippen molar-refractivity contribution < 1.29 is 17.9 Å². The number of nitrogens with zero attached hydrogens (tertiary/aromatic N) is 1. The molecule has 3 aromatic rings. The number of amides is 1. The zero-order valence-corrected chi connectivity index (χ0v) is 17.5. The van der Waals surface area contributed by atoms with Gasteiger partial charge in [-0.2, -0.15) is 4.31 Å². The smallest absolute Gasteiger partial charge is 0.243 e. The van der Waals surface area contributed by atoms with Crippen molar-refractivity contribution in [3.8, 4) is 5.75 Å². The lowest BCUT2D eigenvalue weighted by atomic mass is 10.2. The lowest BCUT2D eigenvalue weighted by Crippen LogP contribution is -2.37. The summed E-state index contributed by atoms with van der Waals surface area (Å²) in [6.45, 7) is 2.23. The maximum Gasteiger partial charge on any atom is 0.243 e. The van der Waals surface area contributed by atoms with E-state index in [0.29, 0.717) is 18.0 Å². The molecule has 0 bridgehead atoms. The van der Waals surface area contributed by atoms with Gasteiger partial charge in [-0.15, -0.1) is 0 Å². The molecule has 0 atom stereocenters. The third-order valence-corrected chi connectivity index (χ3v) is 6.16. The van der Waals surface area contributed by atoms with E-state index in [4.69, 9.17) is 4.74 Å². The second-order valence-electron chi connectivity index (χ2n) is 6.58. The van der Waals surface area contributed by atoms with Crippen molar-refractivity contribution in [2.75, 3.05) is 18.5 Å². The fourth-order valence-electron chi connectivity index (χ4n) is 2.92. The molecule has 156 valence electrons. The first-order chi connectivity index (χ1) is 14.5. The van der Waals surface area contributed by atoms with Gasteiger partial charge in [-0.3, -0.25) is 4.79 Å². The summed E-state index contributed by atoms with van der Waals surface area (Å²) >= 11 is 0. The van der Waals surface area contributed by atoms with Gasteiger partial charge in [-0.25, -0.2) is 8.42 Å². The molecule has 0 aliphatic rings.